The fraction of sp³-hybridized carbons (Fsp3) is 0. The van der Waals surface area contributed by atoms with Gasteiger partial charge in [0.2, 0.25) is 0 Å². The van der Waals surface area contributed by atoms with E-state index in [0.717, 1.165) is 66.3 Å². The lowest BCUT2D eigenvalue weighted by Gasteiger charge is -2.10. The molecular formula is C38H20N4. The molecule has 0 aliphatic heterocycles. The Kier molecular flexibility index (Phi) is 5.22. The molecule has 1 aliphatic carbocycles. The minimum atomic E-state index is 0.121. The Labute approximate surface area is 242 Å². The van der Waals surface area contributed by atoms with Gasteiger partial charge in [-0.3, -0.25) is 9.97 Å². The van der Waals surface area contributed by atoms with Crippen LogP contribution < -0.4 is 0 Å². The minimum Gasteiger partial charge on any atom is -0.253 e. The summed E-state index contributed by atoms with van der Waals surface area (Å²) in [5.41, 5.74) is 10.6. The minimum absolute atomic E-state index is 0.121. The summed E-state index contributed by atoms with van der Waals surface area (Å²) in [6, 6.07) is 41.7. The van der Waals surface area contributed by atoms with Crippen LogP contribution in [0.4, 0.5) is 0 Å². The van der Waals surface area contributed by atoms with Crippen molar-refractivity contribution in [3.8, 4) is 45.5 Å². The highest BCUT2D eigenvalue weighted by Gasteiger charge is 2.26. The fourth-order valence-corrected chi connectivity index (χ4v) is 6.13. The average molecular weight is 533 g/mol. The summed E-state index contributed by atoms with van der Waals surface area (Å²) in [5.74, 6) is 0. The molecule has 1 aliphatic rings. The lowest BCUT2D eigenvalue weighted by molar-refractivity contribution is 1.37. The van der Waals surface area contributed by atoms with E-state index in [0.29, 0.717) is 5.57 Å². The highest BCUT2D eigenvalue weighted by atomic mass is 14.7. The predicted molar refractivity (Wildman–Crippen MR) is 168 cm³/mol. The molecule has 5 aromatic carbocycles. The van der Waals surface area contributed by atoms with Crippen LogP contribution in [-0.4, -0.2) is 9.97 Å². The zero-order valence-electron chi connectivity index (χ0n) is 22.3. The van der Waals surface area contributed by atoms with E-state index in [9.17, 15) is 10.5 Å². The smallest absolute Gasteiger partial charge is 0.138 e. The predicted octanol–water partition coefficient (Wildman–Crippen LogP) is 9.10. The van der Waals surface area contributed by atoms with Crippen LogP contribution in [-0.2, 0) is 0 Å². The van der Waals surface area contributed by atoms with Crippen molar-refractivity contribution >= 4 is 38.2 Å². The molecule has 0 spiro atoms. The third-order valence-electron chi connectivity index (χ3n) is 8.17. The lowest BCUT2D eigenvalue weighted by atomic mass is 9.95. The van der Waals surface area contributed by atoms with Gasteiger partial charge in [-0.05, 0) is 68.4 Å². The first kappa shape index (κ1) is 23.8. The Morgan fingerprint density at radius 2 is 0.976 bits per heavy atom. The molecular weight excluding hydrogens is 512 g/mol. The normalized spacial score (nSPS) is 11.7. The van der Waals surface area contributed by atoms with Crippen molar-refractivity contribution in [1.82, 2.24) is 9.97 Å². The van der Waals surface area contributed by atoms with Crippen LogP contribution in [0.3, 0.4) is 0 Å². The molecule has 0 amide bonds. The molecule has 0 bridgehead atoms. The fourth-order valence-electron chi connectivity index (χ4n) is 6.13. The Bertz CT molecular complexity index is 2370. The van der Waals surface area contributed by atoms with Crippen molar-refractivity contribution < 1.29 is 0 Å². The van der Waals surface area contributed by atoms with Gasteiger partial charge in [0.25, 0.3) is 0 Å². The molecule has 0 atom stereocenters. The molecule has 2 heterocycles. The van der Waals surface area contributed by atoms with Crippen LogP contribution in [0, 0.1) is 22.7 Å². The van der Waals surface area contributed by atoms with Gasteiger partial charge in [-0.15, -0.1) is 0 Å². The maximum atomic E-state index is 9.71. The van der Waals surface area contributed by atoms with Gasteiger partial charge in [-0.2, -0.15) is 10.5 Å². The zero-order chi connectivity index (χ0) is 28.2. The Morgan fingerprint density at radius 1 is 0.452 bits per heavy atom. The molecule has 7 aromatic rings. The van der Waals surface area contributed by atoms with Gasteiger partial charge >= 0.3 is 0 Å². The van der Waals surface area contributed by atoms with E-state index in [4.69, 9.17) is 9.97 Å². The Balaban J connectivity index is 1.21. The molecule has 4 heteroatoms. The third kappa shape index (κ3) is 3.60. The first-order valence-electron chi connectivity index (χ1n) is 13.7. The van der Waals surface area contributed by atoms with Gasteiger partial charge in [0.05, 0.1) is 11.0 Å². The van der Waals surface area contributed by atoms with Crippen molar-refractivity contribution in [3.63, 3.8) is 0 Å². The highest BCUT2D eigenvalue weighted by molar-refractivity contribution is 6.06. The summed E-state index contributed by atoms with van der Waals surface area (Å²) in [5, 5.41) is 23.9. The van der Waals surface area contributed by atoms with Gasteiger partial charge in [0.15, 0.2) is 0 Å². The summed E-state index contributed by atoms with van der Waals surface area (Å²) >= 11 is 0. The number of rotatable bonds is 2. The lowest BCUT2D eigenvalue weighted by Crippen LogP contribution is -1.90. The Hall–Kier alpha value is -6.10. The molecule has 192 valence electrons. The molecule has 0 unspecified atom stereocenters. The topological polar surface area (TPSA) is 73.4 Å². The van der Waals surface area contributed by atoms with Crippen molar-refractivity contribution in [2.45, 2.75) is 0 Å². The maximum Gasteiger partial charge on any atom is 0.138 e. The van der Waals surface area contributed by atoms with Crippen LogP contribution in [0.5, 0.6) is 0 Å². The molecule has 4 nitrogen and oxygen atoms in total. The first-order chi connectivity index (χ1) is 20.7. The summed E-state index contributed by atoms with van der Waals surface area (Å²) < 4.78 is 0. The van der Waals surface area contributed by atoms with E-state index in [1.807, 2.05) is 36.7 Å². The molecule has 0 N–H and O–H groups in total. The number of hydrogen-bond acceptors (Lipinski definition) is 4. The van der Waals surface area contributed by atoms with E-state index in [-0.39, 0.29) is 5.57 Å². The molecule has 8 rings (SSSR count). The molecule has 0 saturated carbocycles. The van der Waals surface area contributed by atoms with Crippen molar-refractivity contribution in [1.29, 1.82) is 10.5 Å². The number of allylic oxidation sites excluding steroid dienone is 1. The second-order valence-corrected chi connectivity index (χ2v) is 10.5. The second-order valence-electron chi connectivity index (χ2n) is 10.5. The van der Waals surface area contributed by atoms with E-state index < -0.39 is 0 Å². The van der Waals surface area contributed by atoms with Crippen molar-refractivity contribution in [2.24, 2.45) is 0 Å². The molecule has 0 radical (unpaired) electrons. The average Bonchev–Trinajstić information content (AvgIpc) is 3.38. The number of nitriles is 2. The van der Waals surface area contributed by atoms with E-state index in [2.05, 4.69) is 97.1 Å². The second kappa shape index (κ2) is 9.24. The number of nitrogens with zero attached hydrogens (tertiary/aromatic N) is 4. The monoisotopic (exact) mass is 532 g/mol. The van der Waals surface area contributed by atoms with Crippen molar-refractivity contribution in [3.05, 3.63) is 138 Å². The zero-order valence-corrected chi connectivity index (χ0v) is 22.3. The summed E-state index contributed by atoms with van der Waals surface area (Å²) in [7, 11) is 0. The van der Waals surface area contributed by atoms with Gasteiger partial charge in [0, 0.05) is 39.9 Å². The SMILES string of the molecule is N#CC(C#N)=C1c2ccccc2-c2ccc(-c3cnc4c(ccc5cc(-c6ccc7ccccc7c6)cnc54)c3)cc21. The van der Waals surface area contributed by atoms with E-state index in [1.165, 1.54) is 10.8 Å². The van der Waals surface area contributed by atoms with Crippen LogP contribution in [0.25, 0.3) is 71.5 Å². The number of fused-ring (bicyclic) bond motifs is 7. The standard InChI is InChI=1S/C38H20N4/c39-19-31(20-40)36-34-8-4-3-7-32(34)33-14-13-26(18-35(33)36)30-17-28-12-11-27-16-29(21-41-37(27)38(28)42-22-30)25-10-9-23-5-1-2-6-24(23)15-25/h1-18,21-22H. The largest absolute Gasteiger partial charge is 0.253 e. The van der Waals surface area contributed by atoms with E-state index >= 15 is 0 Å². The Morgan fingerprint density at radius 3 is 1.67 bits per heavy atom. The molecule has 42 heavy (non-hydrogen) atoms. The first-order valence-corrected chi connectivity index (χ1v) is 13.7. The number of benzene rings is 5. The number of hydrogen-bond donors (Lipinski definition) is 0. The third-order valence-corrected chi connectivity index (χ3v) is 8.17. The van der Waals surface area contributed by atoms with Crippen LogP contribution in [0.15, 0.2) is 127 Å². The van der Waals surface area contributed by atoms with E-state index in [1.54, 1.807) is 0 Å². The molecule has 2 aromatic heterocycles. The van der Waals surface area contributed by atoms with Crippen LogP contribution in [0.2, 0.25) is 0 Å². The summed E-state index contributed by atoms with van der Waals surface area (Å²) in [6.07, 6.45) is 3.80. The molecule has 0 fully saturated rings. The van der Waals surface area contributed by atoms with Crippen molar-refractivity contribution in [2.75, 3.05) is 0 Å². The maximum absolute atomic E-state index is 9.71. The number of aromatic nitrogens is 2. The molecule has 0 saturated heterocycles. The summed E-state index contributed by atoms with van der Waals surface area (Å²) in [6.45, 7) is 0. The van der Waals surface area contributed by atoms with Gasteiger partial charge in [0.1, 0.15) is 17.7 Å². The van der Waals surface area contributed by atoms with Gasteiger partial charge in [-0.1, -0.05) is 84.9 Å². The van der Waals surface area contributed by atoms with Gasteiger partial charge in [-0.25, -0.2) is 0 Å². The summed E-state index contributed by atoms with van der Waals surface area (Å²) in [4.78, 5) is 9.73. The van der Waals surface area contributed by atoms with Crippen LogP contribution in [0.1, 0.15) is 11.1 Å². The highest BCUT2D eigenvalue weighted by Crippen LogP contribution is 2.46. The van der Waals surface area contributed by atoms with Crippen LogP contribution >= 0.6 is 0 Å². The quantitative estimate of drug-likeness (QED) is 0.164. The van der Waals surface area contributed by atoms with Gasteiger partial charge < -0.3 is 0 Å². The number of pyridine rings is 2.